The molecule has 0 spiro atoms. The van der Waals surface area contributed by atoms with Crippen molar-refractivity contribution in [1.29, 1.82) is 0 Å². The minimum atomic E-state index is 0.636. The summed E-state index contributed by atoms with van der Waals surface area (Å²) in [6, 6.07) is 9.55. The molecular weight excluding hydrogens is 284 g/mol. The minimum absolute atomic E-state index is 0.636. The molecule has 126 valence electrons. The Morgan fingerprint density at radius 3 is 2.96 bits per heavy atom. The molecule has 0 bridgehead atoms. The number of nitrogens with zero attached hydrogens (tertiary/aromatic N) is 1. The van der Waals surface area contributed by atoms with Gasteiger partial charge < -0.3 is 14.6 Å². The van der Waals surface area contributed by atoms with Gasteiger partial charge in [-0.3, -0.25) is 0 Å². The molecule has 1 aliphatic carbocycles. The molecule has 23 heavy (non-hydrogen) atoms. The van der Waals surface area contributed by atoms with E-state index in [1.54, 1.807) is 12.7 Å². The van der Waals surface area contributed by atoms with E-state index >= 15 is 0 Å². The summed E-state index contributed by atoms with van der Waals surface area (Å²) in [5.41, 5.74) is 2.96. The van der Waals surface area contributed by atoms with Gasteiger partial charge in [-0.05, 0) is 43.2 Å². The summed E-state index contributed by atoms with van der Waals surface area (Å²) in [4.78, 5) is 0. The van der Waals surface area contributed by atoms with Crippen LogP contribution in [0.25, 0.3) is 10.9 Å². The number of hydrogen-bond acceptors (Lipinski definition) is 2. The van der Waals surface area contributed by atoms with Crippen LogP contribution >= 0.6 is 0 Å². The van der Waals surface area contributed by atoms with Crippen molar-refractivity contribution in [3.63, 3.8) is 0 Å². The van der Waals surface area contributed by atoms with E-state index in [1.165, 1.54) is 43.0 Å². The van der Waals surface area contributed by atoms with E-state index in [0.29, 0.717) is 12.0 Å². The molecule has 1 saturated carbocycles. The number of benzene rings is 1. The van der Waals surface area contributed by atoms with Crippen LogP contribution < -0.4 is 5.32 Å². The summed E-state index contributed by atoms with van der Waals surface area (Å²) in [7, 11) is 1.77. The van der Waals surface area contributed by atoms with Crippen LogP contribution in [0.2, 0.25) is 0 Å². The molecule has 0 aliphatic heterocycles. The molecular formula is C20H30N2O. The zero-order chi connectivity index (χ0) is 16.1. The number of ether oxygens (including phenoxy) is 1. The van der Waals surface area contributed by atoms with E-state index in [4.69, 9.17) is 4.74 Å². The predicted molar refractivity (Wildman–Crippen MR) is 97.1 cm³/mol. The van der Waals surface area contributed by atoms with Crippen molar-refractivity contribution in [2.75, 3.05) is 20.3 Å². The third-order valence-corrected chi connectivity index (χ3v) is 5.14. The Kier molecular flexibility index (Phi) is 5.74. The van der Waals surface area contributed by atoms with Gasteiger partial charge in [0.15, 0.2) is 0 Å². The Bertz CT molecular complexity index is 619. The highest BCUT2D eigenvalue weighted by atomic mass is 16.5. The van der Waals surface area contributed by atoms with Crippen molar-refractivity contribution in [3.8, 4) is 0 Å². The molecule has 3 nitrogen and oxygen atoms in total. The summed E-state index contributed by atoms with van der Waals surface area (Å²) < 4.78 is 7.62. The van der Waals surface area contributed by atoms with Crippen LogP contribution in [0.4, 0.5) is 0 Å². The smallest absolute Gasteiger partial charge is 0.0587 e. The van der Waals surface area contributed by atoms with Crippen molar-refractivity contribution in [1.82, 2.24) is 9.88 Å². The first-order valence-corrected chi connectivity index (χ1v) is 9.13. The molecule has 1 fully saturated rings. The highest BCUT2D eigenvalue weighted by Gasteiger charge is 2.25. The highest BCUT2D eigenvalue weighted by molar-refractivity contribution is 5.84. The SMILES string of the molecule is CCCn1cc(C2CCCC(NCCOC)C2)c2ccccc21. The van der Waals surface area contributed by atoms with Crippen LogP contribution in [0.3, 0.4) is 0 Å². The third kappa shape index (κ3) is 3.78. The lowest BCUT2D eigenvalue weighted by Gasteiger charge is -2.30. The zero-order valence-corrected chi connectivity index (χ0v) is 14.6. The standard InChI is InChI=1S/C20H30N2O/c1-3-12-22-15-19(18-9-4-5-10-20(18)22)16-7-6-8-17(14-16)21-11-13-23-2/h4-5,9-10,15-17,21H,3,6-8,11-14H2,1-2H3. The van der Waals surface area contributed by atoms with E-state index in [2.05, 4.69) is 47.3 Å². The zero-order valence-electron chi connectivity index (χ0n) is 14.6. The fourth-order valence-electron chi connectivity index (χ4n) is 4.05. The molecule has 2 atom stereocenters. The van der Waals surface area contributed by atoms with Crippen LogP contribution in [-0.2, 0) is 11.3 Å². The maximum absolute atomic E-state index is 5.17. The second-order valence-electron chi connectivity index (χ2n) is 6.80. The lowest BCUT2D eigenvalue weighted by molar-refractivity contribution is 0.190. The number of methoxy groups -OCH3 is 1. The van der Waals surface area contributed by atoms with Gasteiger partial charge in [-0.15, -0.1) is 0 Å². The van der Waals surface area contributed by atoms with Gasteiger partial charge in [0.2, 0.25) is 0 Å². The van der Waals surface area contributed by atoms with Crippen molar-refractivity contribution in [3.05, 3.63) is 36.0 Å². The van der Waals surface area contributed by atoms with E-state index < -0.39 is 0 Å². The first-order valence-electron chi connectivity index (χ1n) is 9.13. The summed E-state index contributed by atoms with van der Waals surface area (Å²) >= 11 is 0. The maximum Gasteiger partial charge on any atom is 0.0587 e. The second-order valence-corrected chi connectivity index (χ2v) is 6.80. The molecule has 0 radical (unpaired) electrons. The quantitative estimate of drug-likeness (QED) is 0.771. The first kappa shape index (κ1) is 16.5. The van der Waals surface area contributed by atoms with Crippen LogP contribution in [0.15, 0.2) is 30.5 Å². The predicted octanol–water partition coefficient (Wildman–Crippen LogP) is 4.31. The molecule has 3 rings (SSSR count). The van der Waals surface area contributed by atoms with Gasteiger partial charge in [-0.25, -0.2) is 0 Å². The molecule has 1 aromatic heterocycles. The largest absolute Gasteiger partial charge is 0.383 e. The van der Waals surface area contributed by atoms with E-state index in [1.807, 2.05) is 0 Å². The Morgan fingerprint density at radius 1 is 1.26 bits per heavy atom. The van der Waals surface area contributed by atoms with Gasteiger partial charge in [-0.1, -0.05) is 31.5 Å². The number of aryl methyl sites for hydroxylation is 1. The Labute approximate surface area is 140 Å². The third-order valence-electron chi connectivity index (χ3n) is 5.14. The molecule has 2 aromatic rings. The Balaban J connectivity index is 1.79. The molecule has 0 amide bonds. The van der Waals surface area contributed by atoms with Crippen LogP contribution in [0.1, 0.15) is 50.5 Å². The molecule has 3 heteroatoms. The van der Waals surface area contributed by atoms with Crippen LogP contribution in [0.5, 0.6) is 0 Å². The number of para-hydroxylation sites is 1. The van der Waals surface area contributed by atoms with Gasteiger partial charge in [0.25, 0.3) is 0 Å². The summed E-state index contributed by atoms with van der Waals surface area (Å²) in [6.07, 6.45) is 8.81. The second kappa shape index (κ2) is 7.98. The van der Waals surface area contributed by atoms with Gasteiger partial charge >= 0.3 is 0 Å². The normalized spacial score (nSPS) is 21.8. The van der Waals surface area contributed by atoms with Crippen LogP contribution in [-0.4, -0.2) is 30.9 Å². The summed E-state index contributed by atoms with van der Waals surface area (Å²) in [6.45, 7) is 5.13. The van der Waals surface area contributed by atoms with E-state index in [9.17, 15) is 0 Å². The number of hydrogen-bond donors (Lipinski definition) is 1. The molecule has 1 N–H and O–H groups in total. The molecule has 2 unspecified atom stereocenters. The fraction of sp³-hybridized carbons (Fsp3) is 0.600. The Morgan fingerprint density at radius 2 is 2.13 bits per heavy atom. The monoisotopic (exact) mass is 314 g/mol. The lowest BCUT2D eigenvalue weighted by atomic mass is 9.81. The molecule has 1 aromatic carbocycles. The van der Waals surface area contributed by atoms with Gasteiger partial charge in [0.1, 0.15) is 0 Å². The first-order chi connectivity index (χ1) is 11.3. The van der Waals surface area contributed by atoms with E-state index in [-0.39, 0.29) is 0 Å². The van der Waals surface area contributed by atoms with Crippen molar-refractivity contribution in [2.24, 2.45) is 0 Å². The number of rotatable bonds is 7. The maximum atomic E-state index is 5.17. The fourth-order valence-corrected chi connectivity index (χ4v) is 4.05. The number of aromatic nitrogens is 1. The van der Waals surface area contributed by atoms with Gasteiger partial charge in [-0.2, -0.15) is 0 Å². The summed E-state index contributed by atoms with van der Waals surface area (Å²) in [5, 5.41) is 5.13. The van der Waals surface area contributed by atoms with Crippen molar-refractivity contribution in [2.45, 2.75) is 57.5 Å². The van der Waals surface area contributed by atoms with Gasteiger partial charge in [0.05, 0.1) is 6.61 Å². The minimum Gasteiger partial charge on any atom is -0.383 e. The topological polar surface area (TPSA) is 26.2 Å². The molecule has 1 heterocycles. The van der Waals surface area contributed by atoms with Crippen molar-refractivity contribution < 1.29 is 4.74 Å². The van der Waals surface area contributed by atoms with Gasteiger partial charge in [0, 0.05) is 43.3 Å². The Hall–Kier alpha value is -1.32. The summed E-state index contributed by atoms with van der Waals surface area (Å²) in [5.74, 6) is 0.687. The average Bonchev–Trinajstić information content (AvgIpc) is 2.95. The lowest BCUT2D eigenvalue weighted by Crippen LogP contribution is -2.35. The highest BCUT2D eigenvalue weighted by Crippen LogP contribution is 2.37. The average molecular weight is 314 g/mol. The molecule has 1 aliphatic rings. The molecule has 0 saturated heterocycles. The number of fused-ring (bicyclic) bond motifs is 1. The van der Waals surface area contributed by atoms with Crippen LogP contribution in [0, 0.1) is 0 Å². The van der Waals surface area contributed by atoms with E-state index in [0.717, 1.165) is 19.7 Å². The van der Waals surface area contributed by atoms with Crippen molar-refractivity contribution >= 4 is 10.9 Å². The number of nitrogens with one attached hydrogen (secondary N) is 1.